The van der Waals surface area contributed by atoms with Crippen molar-refractivity contribution in [1.29, 1.82) is 0 Å². The largest absolute Gasteiger partial charge is 0.385 e. The number of anilines is 1. The van der Waals surface area contributed by atoms with E-state index in [1.165, 1.54) is 18.2 Å². The number of nitro groups is 1. The minimum absolute atomic E-state index is 0.133. The minimum atomic E-state index is -3.94. The van der Waals surface area contributed by atoms with Gasteiger partial charge in [-0.05, 0) is 17.7 Å². The van der Waals surface area contributed by atoms with Gasteiger partial charge in [-0.15, -0.1) is 0 Å². The Morgan fingerprint density at radius 3 is 2.67 bits per heavy atom. The van der Waals surface area contributed by atoms with Gasteiger partial charge in [0.25, 0.3) is 10.0 Å². The first-order valence-corrected chi connectivity index (χ1v) is 7.87. The molecule has 1 aromatic heterocycles. The average Bonchev–Trinajstić information content (AvgIpc) is 2.80. The van der Waals surface area contributed by atoms with E-state index in [-0.39, 0.29) is 15.8 Å². The van der Waals surface area contributed by atoms with Crippen LogP contribution in [-0.2, 0) is 16.6 Å². The lowest BCUT2D eigenvalue weighted by atomic mass is 10.2. The van der Waals surface area contributed by atoms with Crippen molar-refractivity contribution in [3.63, 3.8) is 0 Å². The molecule has 0 amide bonds. The number of hydrogen-bond donors (Lipinski definition) is 2. The summed E-state index contributed by atoms with van der Waals surface area (Å²) < 4.78 is 39.0. The third-order valence-corrected chi connectivity index (χ3v) is 5.36. The van der Waals surface area contributed by atoms with Gasteiger partial charge in [0.15, 0.2) is 5.00 Å². The average molecular weight is 331 g/mol. The van der Waals surface area contributed by atoms with Gasteiger partial charge < -0.3 is 5.73 Å². The summed E-state index contributed by atoms with van der Waals surface area (Å²) in [4.78, 5) is 9.90. The summed E-state index contributed by atoms with van der Waals surface area (Å²) in [5, 5.41) is 10.5. The Balaban J connectivity index is 2.19. The van der Waals surface area contributed by atoms with Crippen molar-refractivity contribution in [1.82, 2.24) is 4.72 Å². The molecule has 112 valence electrons. The first-order valence-electron chi connectivity index (χ1n) is 5.57. The van der Waals surface area contributed by atoms with E-state index in [1.807, 2.05) is 0 Å². The number of rotatable bonds is 5. The summed E-state index contributed by atoms with van der Waals surface area (Å²) in [5.41, 5.74) is 5.38. The maximum atomic E-state index is 13.0. The highest BCUT2D eigenvalue weighted by molar-refractivity contribution is 7.91. The highest BCUT2D eigenvalue weighted by Crippen LogP contribution is 2.34. The maximum absolute atomic E-state index is 13.0. The number of nitrogens with zero attached hydrogens (tertiary/aromatic N) is 1. The molecule has 0 aliphatic rings. The van der Waals surface area contributed by atoms with Gasteiger partial charge in [0.05, 0.1) is 4.92 Å². The molecule has 10 heteroatoms. The number of nitrogens with two attached hydrogens (primary N) is 1. The minimum Gasteiger partial charge on any atom is -0.385 e. The van der Waals surface area contributed by atoms with Crippen LogP contribution in [0.3, 0.4) is 0 Å². The highest BCUT2D eigenvalue weighted by atomic mass is 32.2. The number of nitrogens with one attached hydrogen (secondary N) is 1. The van der Waals surface area contributed by atoms with Crippen molar-refractivity contribution in [2.45, 2.75) is 10.8 Å². The van der Waals surface area contributed by atoms with Crippen LogP contribution in [0.25, 0.3) is 0 Å². The first-order chi connectivity index (χ1) is 9.79. The fraction of sp³-hybridized carbons (Fsp3) is 0.0909. The summed E-state index contributed by atoms with van der Waals surface area (Å²) >= 11 is 0.599. The van der Waals surface area contributed by atoms with Crippen LogP contribution in [0.15, 0.2) is 34.5 Å². The molecular formula is C11H10FN3O4S2. The Bertz CT molecular complexity index is 789. The van der Waals surface area contributed by atoms with Gasteiger partial charge in [-0.1, -0.05) is 23.5 Å². The van der Waals surface area contributed by atoms with Crippen LogP contribution in [-0.4, -0.2) is 13.3 Å². The molecule has 0 aliphatic heterocycles. The topological polar surface area (TPSA) is 115 Å². The Kier molecular flexibility index (Phi) is 4.21. The molecular weight excluding hydrogens is 321 g/mol. The molecule has 1 heterocycles. The normalized spacial score (nSPS) is 11.5. The van der Waals surface area contributed by atoms with Crippen molar-refractivity contribution in [2.24, 2.45) is 0 Å². The smallest absolute Gasteiger partial charge is 0.304 e. The molecule has 0 aliphatic carbocycles. The quantitative estimate of drug-likeness (QED) is 0.641. The summed E-state index contributed by atoms with van der Waals surface area (Å²) in [7, 11) is -3.94. The molecule has 21 heavy (non-hydrogen) atoms. The molecule has 0 radical (unpaired) electrons. The molecule has 0 bridgehead atoms. The van der Waals surface area contributed by atoms with E-state index in [2.05, 4.69) is 4.72 Å². The number of sulfonamides is 1. The number of halogens is 1. The standard InChI is InChI=1S/C11H10FN3O4S2/c12-8-3-1-2-7(4-8)6-14-21(18,19)10-5-9(15(16)17)11(13)20-10/h1-5,14H,6,13H2. The van der Waals surface area contributed by atoms with E-state index < -0.39 is 26.5 Å². The fourth-order valence-corrected chi connectivity index (χ4v) is 3.82. The lowest BCUT2D eigenvalue weighted by Crippen LogP contribution is -2.22. The van der Waals surface area contributed by atoms with Crippen LogP contribution in [0.1, 0.15) is 5.56 Å². The second-order valence-electron chi connectivity index (χ2n) is 4.03. The van der Waals surface area contributed by atoms with Crippen molar-refractivity contribution in [2.75, 3.05) is 5.73 Å². The number of hydrogen-bond acceptors (Lipinski definition) is 6. The predicted octanol–water partition coefficient (Wildman–Crippen LogP) is 1.86. The van der Waals surface area contributed by atoms with Crippen LogP contribution in [0, 0.1) is 15.9 Å². The maximum Gasteiger partial charge on any atom is 0.304 e. The van der Waals surface area contributed by atoms with Gasteiger partial charge in [-0.25, -0.2) is 17.5 Å². The molecule has 0 spiro atoms. The van der Waals surface area contributed by atoms with Gasteiger partial charge in [-0.3, -0.25) is 10.1 Å². The molecule has 0 fully saturated rings. The summed E-state index contributed by atoms with van der Waals surface area (Å²) in [6.45, 7) is -0.133. The monoisotopic (exact) mass is 331 g/mol. The van der Waals surface area contributed by atoms with E-state index >= 15 is 0 Å². The molecule has 1 aromatic carbocycles. The van der Waals surface area contributed by atoms with Gasteiger partial charge >= 0.3 is 5.69 Å². The van der Waals surface area contributed by atoms with Crippen molar-refractivity contribution in [3.05, 3.63) is 51.8 Å². The Labute approximate surface area is 123 Å². The third-order valence-electron chi connectivity index (χ3n) is 2.53. The van der Waals surface area contributed by atoms with Gasteiger partial charge in [0.2, 0.25) is 0 Å². The van der Waals surface area contributed by atoms with E-state index in [0.29, 0.717) is 16.9 Å². The van der Waals surface area contributed by atoms with E-state index in [4.69, 9.17) is 5.73 Å². The molecule has 2 rings (SSSR count). The van der Waals surface area contributed by atoms with Gasteiger partial charge in [0, 0.05) is 12.6 Å². The molecule has 2 aromatic rings. The zero-order valence-corrected chi connectivity index (χ0v) is 12.1. The van der Waals surface area contributed by atoms with Gasteiger partial charge in [-0.2, -0.15) is 0 Å². The summed E-state index contributed by atoms with van der Waals surface area (Å²) in [6, 6.07) is 6.33. The van der Waals surface area contributed by atoms with Crippen LogP contribution in [0.4, 0.5) is 15.1 Å². The van der Waals surface area contributed by atoms with E-state index in [9.17, 15) is 22.9 Å². The lowest BCUT2D eigenvalue weighted by Gasteiger charge is -2.04. The fourth-order valence-electron chi connectivity index (χ4n) is 1.54. The molecule has 0 unspecified atom stereocenters. The molecule has 7 nitrogen and oxygen atoms in total. The molecule has 0 saturated carbocycles. The van der Waals surface area contributed by atoms with Crippen LogP contribution < -0.4 is 10.5 Å². The Morgan fingerprint density at radius 2 is 2.10 bits per heavy atom. The highest BCUT2D eigenvalue weighted by Gasteiger charge is 2.24. The Hall–Kier alpha value is -2.04. The van der Waals surface area contributed by atoms with Crippen LogP contribution in [0.5, 0.6) is 0 Å². The second kappa shape index (κ2) is 5.76. The zero-order valence-electron chi connectivity index (χ0n) is 10.4. The Morgan fingerprint density at radius 1 is 1.38 bits per heavy atom. The predicted molar refractivity (Wildman–Crippen MR) is 75.8 cm³/mol. The van der Waals surface area contributed by atoms with E-state index in [1.54, 1.807) is 6.07 Å². The SMILES string of the molecule is Nc1sc(S(=O)(=O)NCc2cccc(F)c2)cc1[N+](=O)[O-]. The molecule has 0 saturated heterocycles. The van der Waals surface area contributed by atoms with E-state index in [0.717, 1.165) is 6.07 Å². The van der Waals surface area contributed by atoms with Crippen molar-refractivity contribution >= 4 is 32.0 Å². The van der Waals surface area contributed by atoms with Gasteiger partial charge in [0.1, 0.15) is 10.0 Å². The summed E-state index contributed by atoms with van der Waals surface area (Å²) in [6.07, 6.45) is 0. The third kappa shape index (κ3) is 3.54. The summed E-state index contributed by atoms with van der Waals surface area (Å²) in [5.74, 6) is -0.484. The lowest BCUT2D eigenvalue weighted by molar-refractivity contribution is -0.383. The number of nitrogen functional groups attached to an aromatic ring is 1. The second-order valence-corrected chi connectivity index (χ2v) is 7.10. The van der Waals surface area contributed by atoms with Crippen molar-refractivity contribution in [3.8, 4) is 0 Å². The molecule has 0 atom stereocenters. The number of thiophene rings is 1. The van der Waals surface area contributed by atoms with Crippen molar-refractivity contribution < 1.29 is 17.7 Å². The van der Waals surface area contributed by atoms with Crippen LogP contribution in [0.2, 0.25) is 0 Å². The number of benzene rings is 1. The molecule has 3 N–H and O–H groups in total. The van der Waals surface area contributed by atoms with Crippen LogP contribution >= 0.6 is 11.3 Å². The first kappa shape index (κ1) is 15.4. The zero-order chi connectivity index (χ0) is 15.6.